The molecular weight excluding hydrogens is 458 g/mol. The van der Waals surface area contributed by atoms with Gasteiger partial charge in [0, 0.05) is 10.6 Å². The number of carbonyl (C=O) groups is 1. The van der Waals surface area contributed by atoms with Crippen LogP contribution in [0, 0.1) is 6.92 Å². The largest absolute Gasteiger partial charge is 0.378 e. The summed E-state index contributed by atoms with van der Waals surface area (Å²) in [4.78, 5) is 11.2. The third kappa shape index (κ3) is 4.73. The number of halogens is 1. The van der Waals surface area contributed by atoms with Crippen LogP contribution in [0.5, 0.6) is 5.75 Å². The number of nitrogens with zero attached hydrogens (tertiary/aromatic N) is 2. The molecule has 1 saturated heterocycles. The highest BCUT2D eigenvalue weighted by Crippen LogP contribution is 2.30. The van der Waals surface area contributed by atoms with Crippen molar-refractivity contribution in [1.29, 1.82) is 0 Å². The Morgan fingerprint density at radius 3 is 2.71 bits per heavy atom. The maximum absolute atomic E-state index is 12.9. The van der Waals surface area contributed by atoms with E-state index in [1.807, 2.05) is 24.3 Å². The molecule has 0 radical (unpaired) electrons. The summed E-state index contributed by atoms with van der Waals surface area (Å²) in [6, 6.07) is 15.2. The van der Waals surface area contributed by atoms with Gasteiger partial charge in [-0.15, -0.1) is 5.10 Å². The summed E-state index contributed by atoms with van der Waals surface area (Å²) in [6.45, 7) is 1.78. The summed E-state index contributed by atoms with van der Waals surface area (Å²) in [6.07, 6.45) is 1.41. The van der Waals surface area contributed by atoms with Gasteiger partial charge in [-0.25, -0.2) is 0 Å². The van der Waals surface area contributed by atoms with E-state index in [9.17, 15) is 13.2 Å². The van der Waals surface area contributed by atoms with Gasteiger partial charge in [0.15, 0.2) is 10.9 Å². The van der Waals surface area contributed by atoms with E-state index >= 15 is 0 Å². The van der Waals surface area contributed by atoms with Crippen molar-refractivity contribution in [2.75, 3.05) is 5.75 Å². The first-order chi connectivity index (χ1) is 14.8. The fourth-order valence-electron chi connectivity index (χ4n) is 2.90. The number of thioether (sulfide) groups is 1. The number of amides is 1. The highest BCUT2D eigenvalue weighted by atomic mass is 35.5. The van der Waals surface area contributed by atoms with Gasteiger partial charge in [0.2, 0.25) is 5.91 Å². The van der Waals surface area contributed by atoms with Gasteiger partial charge < -0.3 is 9.50 Å². The lowest BCUT2D eigenvalue weighted by atomic mass is 10.0. The molecule has 0 spiro atoms. The maximum Gasteiger partial charge on any atom is 0.339 e. The molecule has 1 aliphatic rings. The van der Waals surface area contributed by atoms with E-state index in [1.165, 1.54) is 30.1 Å². The standard InChI is InChI=1S/C21H16ClN3O4S2/c1-13-6-8-15(10-18(13)22)31(27,28)29-19-9-7-14-4-2-3-5-16(14)17(19)11-23-25-21-24-20(26)12-30-21/h2-11H,12H2,1H3,(H,24,25,26). The van der Waals surface area contributed by atoms with Gasteiger partial charge in [-0.1, -0.05) is 59.8 Å². The van der Waals surface area contributed by atoms with E-state index in [2.05, 4.69) is 15.5 Å². The molecule has 3 aromatic rings. The molecule has 31 heavy (non-hydrogen) atoms. The molecule has 1 fully saturated rings. The topological polar surface area (TPSA) is 97.2 Å². The molecule has 0 unspecified atom stereocenters. The van der Waals surface area contributed by atoms with Crippen molar-refractivity contribution in [2.24, 2.45) is 10.2 Å². The Kier molecular flexibility index (Phi) is 5.99. The first-order valence-corrected chi connectivity index (χ1v) is 11.9. The third-order valence-corrected chi connectivity index (χ3v) is 6.99. The Labute approximate surface area is 188 Å². The average Bonchev–Trinajstić information content (AvgIpc) is 3.16. The summed E-state index contributed by atoms with van der Waals surface area (Å²) in [5.41, 5.74) is 1.20. The molecule has 7 nitrogen and oxygen atoms in total. The molecule has 1 amide bonds. The number of benzene rings is 3. The normalized spacial score (nSPS) is 15.7. The minimum Gasteiger partial charge on any atom is -0.378 e. The second kappa shape index (κ2) is 8.70. The van der Waals surface area contributed by atoms with Crippen molar-refractivity contribution in [3.8, 4) is 5.75 Å². The lowest BCUT2D eigenvalue weighted by Crippen LogP contribution is -2.19. The van der Waals surface area contributed by atoms with Gasteiger partial charge in [0.1, 0.15) is 4.90 Å². The van der Waals surface area contributed by atoms with Crippen LogP contribution in [0.2, 0.25) is 5.02 Å². The zero-order valence-electron chi connectivity index (χ0n) is 16.2. The maximum atomic E-state index is 12.9. The van der Waals surface area contributed by atoms with Gasteiger partial charge in [0.05, 0.1) is 12.0 Å². The van der Waals surface area contributed by atoms with Crippen molar-refractivity contribution in [3.05, 3.63) is 70.7 Å². The Morgan fingerprint density at radius 2 is 1.97 bits per heavy atom. The van der Waals surface area contributed by atoms with Crippen LogP contribution < -0.4 is 9.50 Å². The van der Waals surface area contributed by atoms with Crippen LogP contribution in [-0.2, 0) is 14.9 Å². The number of aryl methyl sites for hydroxylation is 1. The number of fused-ring (bicyclic) bond motifs is 1. The highest BCUT2D eigenvalue weighted by molar-refractivity contribution is 8.15. The fourth-order valence-corrected chi connectivity index (χ4v) is 4.75. The number of carbonyl (C=O) groups excluding carboxylic acids is 1. The second-order valence-corrected chi connectivity index (χ2v) is 9.55. The number of rotatable bonds is 5. The van der Waals surface area contributed by atoms with Crippen molar-refractivity contribution in [3.63, 3.8) is 0 Å². The third-order valence-electron chi connectivity index (χ3n) is 4.48. The first kappa shape index (κ1) is 21.4. The summed E-state index contributed by atoms with van der Waals surface area (Å²) in [5, 5.41) is 12.9. The number of nitrogens with one attached hydrogen (secondary N) is 1. The summed E-state index contributed by atoms with van der Waals surface area (Å²) < 4.78 is 31.2. The molecule has 0 aliphatic carbocycles. The number of hydrogen-bond donors (Lipinski definition) is 1. The molecule has 1 aliphatic heterocycles. The smallest absolute Gasteiger partial charge is 0.339 e. The van der Waals surface area contributed by atoms with Crippen molar-refractivity contribution in [2.45, 2.75) is 11.8 Å². The van der Waals surface area contributed by atoms with Crippen LogP contribution in [0.1, 0.15) is 11.1 Å². The molecule has 3 aromatic carbocycles. The molecule has 1 N–H and O–H groups in total. The zero-order chi connectivity index (χ0) is 22.0. The molecule has 10 heteroatoms. The van der Waals surface area contributed by atoms with Crippen LogP contribution in [0.4, 0.5) is 0 Å². The molecule has 0 bridgehead atoms. The van der Waals surface area contributed by atoms with Gasteiger partial charge >= 0.3 is 10.1 Å². The summed E-state index contributed by atoms with van der Waals surface area (Å²) >= 11 is 7.32. The fraction of sp³-hybridized carbons (Fsp3) is 0.0952. The van der Waals surface area contributed by atoms with Crippen molar-refractivity contribution in [1.82, 2.24) is 5.32 Å². The predicted octanol–water partition coefficient (Wildman–Crippen LogP) is 4.12. The Bertz CT molecular complexity index is 1350. The van der Waals surface area contributed by atoms with E-state index in [0.29, 0.717) is 15.8 Å². The average molecular weight is 474 g/mol. The quantitative estimate of drug-likeness (QED) is 0.341. The lowest BCUT2D eigenvalue weighted by Gasteiger charge is -2.12. The van der Waals surface area contributed by atoms with Crippen LogP contribution in [-0.4, -0.2) is 31.5 Å². The van der Waals surface area contributed by atoms with Gasteiger partial charge in [-0.2, -0.15) is 13.5 Å². The Morgan fingerprint density at radius 1 is 1.16 bits per heavy atom. The van der Waals surface area contributed by atoms with Gasteiger partial charge in [-0.05, 0) is 41.5 Å². The van der Waals surface area contributed by atoms with Crippen LogP contribution in [0.15, 0.2) is 69.7 Å². The molecular formula is C21H16ClN3O4S2. The second-order valence-electron chi connectivity index (χ2n) is 6.63. The molecule has 158 valence electrons. The predicted molar refractivity (Wildman–Crippen MR) is 124 cm³/mol. The van der Waals surface area contributed by atoms with Gasteiger partial charge in [0.25, 0.3) is 0 Å². The lowest BCUT2D eigenvalue weighted by molar-refractivity contribution is -0.116. The minimum atomic E-state index is -4.13. The van der Waals surface area contributed by atoms with Crippen LogP contribution in [0.3, 0.4) is 0 Å². The summed E-state index contributed by atoms with van der Waals surface area (Å²) in [5.74, 6) is 0.243. The van der Waals surface area contributed by atoms with E-state index in [1.54, 1.807) is 25.1 Å². The van der Waals surface area contributed by atoms with Gasteiger partial charge in [-0.3, -0.25) is 4.79 Å². The van der Waals surface area contributed by atoms with Crippen molar-refractivity contribution >= 4 is 61.5 Å². The summed E-state index contributed by atoms with van der Waals surface area (Å²) in [7, 11) is -4.13. The molecule has 1 heterocycles. The monoisotopic (exact) mass is 473 g/mol. The van der Waals surface area contributed by atoms with E-state index < -0.39 is 10.1 Å². The molecule has 4 rings (SSSR count). The Hall–Kier alpha value is -2.88. The minimum absolute atomic E-state index is 0.0514. The molecule has 0 aromatic heterocycles. The van der Waals surface area contributed by atoms with E-state index in [4.69, 9.17) is 15.8 Å². The molecule has 0 saturated carbocycles. The molecule has 0 atom stereocenters. The highest BCUT2D eigenvalue weighted by Gasteiger charge is 2.20. The number of amidine groups is 1. The van der Waals surface area contributed by atoms with Crippen LogP contribution in [0.25, 0.3) is 10.8 Å². The number of hydrogen-bond acceptors (Lipinski definition) is 7. The SMILES string of the molecule is Cc1ccc(S(=O)(=O)Oc2ccc3ccccc3c2C=N/N=C2\NC(=O)CS2)cc1Cl. The Balaban J connectivity index is 1.74. The first-order valence-electron chi connectivity index (χ1n) is 9.09. The zero-order valence-corrected chi connectivity index (χ0v) is 18.6. The van der Waals surface area contributed by atoms with E-state index in [-0.39, 0.29) is 22.3 Å². The van der Waals surface area contributed by atoms with Crippen LogP contribution >= 0.6 is 23.4 Å². The van der Waals surface area contributed by atoms with Crippen molar-refractivity contribution < 1.29 is 17.4 Å². The van der Waals surface area contributed by atoms with E-state index in [0.717, 1.165) is 16.3 Å².